The van der Waals surface area contributed by atoms with Gasteiger partial charge in [0, 0.05) is 44.3 Å². The summed E-state index contributed by atoms with van der Waals surface area (Å²) in [5.74, 6) is 0. The van der Waals surface area contributed by atoms with Crippen LogP contribution in [0.1, 0.15) is 44.4 Å². The van der Waals surface area contributed by atoms with E-state index < -0.39 is 0 Å². The maximum absolute atomic E-state index is 6.46. The second-order valence-corrected chi connectivity index (χ2v) is 6.59. The van der Waals surface area contributed by atoms with Crippen LogP contribution < -0.4 is 5.73 Å². The van der Waals surface area contributed by atoms with E-state index in [1.54, 1.807) is 0 Å². The number of hydrogen-bond acceptors (Lipinski definition) is 3. The van der Waals surface area contributed by atoms with Gasteiger partial charge in [-0.1, -0.05) is 36.8 Å². The molecule has 2 atom stereocenters. The van der Waals surface area contributed by atoms with Crippen LogP contribution in [0.3, 0.4) is 0 Å². The summed E-state index contributed by atoms with van der Waals surface area (Å²) in [6.07, 6.45) is 1.02. The van der Waals surface area contributed by atoms with Crippen LogP contribution in [0.5, 0.6) is 0 Å². The van der Waals surface area contributed by atoms with Crippen molar-refractivity contribution in [3.8, 4) is 0 Å². The quantitative estimate of drug-likeness (QED) is 0.904. The van der Waals surface area contributed by atoms with E-state index in [2.05, 4.69) is 61.8 Å². The van der Waals surface area contributed by atoms with Crippen LogP contribution in [-0.2, 0) is 0 Å². The molecule has 0 amide bonds. The average molecular weight is 289 g/mol. The minimum absolute atomic E-state index is 0.207. The normalized spacial score (nSPS) is 20.7. The molecule has 1 heterocycles. The monoisotopic (exact) mass is 289 g/mol. The molecule has 118 valence electrons. The molecular weight excluding hydrogens is 258 g/mol. The molecule has 0 bridgehead atoms. The van der Waals surface area contributed by atoms with Crippen molar-refractivity contribution in [2.45, 2.75) is 52.2 Å². The molecule has 0 spiro atoms. The highest BCUT2D eigenvalue weighted by Gasteiger charge is 2.29. The first kappa shape index (κ1) is 16.5. The van der Waals surface area contributed by atoms with Gasteiger partial charge in [-0.3, -0.25) is 9.80 Å². The highest BCUT2D eigenvalue weighted by molar-refractivity contribution is 5.25. The van der Waals surface area contributed by atoms with Gasteiger partial charge in [0.25, 0.3) is 0 Å². The second-order valence-electron chi connectivity index (χ2n) is 6.59. The number of piperazine rings is 1. The third kappa shape index (κ3) is 4.06. The molecule has 0 saturated carbocycles. The molecule has 1 aromatic rings. The Morgan fingerprint density at radius 2 is 1.52 bits per heavy atom. The van der Waals surface area contributed by atoms with Crippen LogP contribution in [0.25, 0.3) is 0 Å². The lowest BCUT2D eigenvalue weighted by Crippen LogP contribution is -2.52. The Bertz CT molecular complexity index is 419. The lowest BCUT2D eigenvalue weighted by Gasteiger charge is -2.42. The second kappa shape index (κ2) is 7.39. The fourth-order valence-electron chi connectivity index (χ4n) is 3.25. The SMILES string of the molecule is CCC(N)C(c1ccc(C)cc1)N1CCN(C(C)C)CC1. The van der Waals surface area contributed by atoms with E-state index in [0.717, 1.165) is 32.6 Å². The van der Waals surface area contributed by atoms with Crippen LogP contribution in [0, 0.1) is 6.92 Å². The summed E-state index contributed by atoms with van der Waals surface area (Å²) in [5.41, 5.74) is 9.14. The Kier molecular flexibility index (Phi) is 5.80. The molecule has 21 heavy (non-hydrogen) atoms. The maximum Gasteiger partial charge on any atom is 0.0500 e. The van der Waals surface area contributed by atoms with E-state index in [-0.39, 0.29) is 6.04 Å². The minimum Gasteiger partial charge on any atom is -0.326 e. The first-order chi connectivity index (χ1) is 10.0. The predicted octanol–water partition coefficient (Wildman–Crippen LogP) is 2.80. The lowest BCUT2D eigenvalue weighted by molar-refractivity contribution is 0.0679. The molecule has 3 nitrogen and oxygen atoms in total. The Balaban J connectivity index is 2.12. The molecule has 3 heteroatoms. The number of nitrogens with two attached hydrogens (primary N) is 1. The highest BCUT2D eigenvalue weighted by atomic mass is 15.3. The Hall–Kier alpha value is -0.900. The summed E-state index contributed by atoms with van der Waals surface area (Å²) >= 11 is 0. The van der Waals surface area contributed by atoms with Crippen molar-refractivity contribution in [3.63, 3.8) is 0 Å². The van der Waals surface area contributed by atoms with Crippen LogP contribution in [0.15, 0.2) is 24.3 Å². The molecule has 2 N–H and O–H groups in total. The molecule has 1 aliphatic heterocycles. The summed E-state index contributed by atoms with van der Waals surface area (Å²) in [5, 5.41) is 0. The van der Waals surface area contributed by atoms with Crippen molar-refractivity contribution in [2.75, 3.05) is 26.2 Å². The molecule has 0 aliphatic carbocycles. The third-order valence-electron chi connectivity index (χ3n) is 4.77. The number of hydrogen-bond donors (Lipinski definition) is 1. The van der Waals surface area contributed by atoms with E-state index in [1.807, 2.05) is 0 Å². The average Bonchev–Trinajstić information content (AvgIpc) is 2.49. The zero-order chi connectivity index (χ0) is 15.4. The van der Waals surface area contributed by atoms with Gasteiger partial charge in [0.05, 0.1) is 0 Å². The van der Waals surface area contributed by atoms with E-state index in [0.29, 0.717) is 12.1 Å². The van der Waals surface area contributed by atoms with Crippen LogP contribution >= 0.6 is 0 Å². The van der Waals surface area contributed by atoms with Crippen LogP contribution in [-0.4, -0.2) is 48.1 Å². The maximum atomic E-state index is 6.46. The van der Waals surface area contributed by atoms with Crippen molar-refractivity contribution in [1.29, 1.82) is 0 Å². The molecule has 1 saturated heterocycles. The van der Waals surface area contributed by atoms with E-state index in [4.69, 9.17) is 5.73 Å². The smallest absolute Gasteiger partial charge is 0.0500 e. The lowest BCUT2D eigenvalue weighted by atomic mass is 9.95. The molecule has 2 unspecified atom stereocenters. The molecule has 2 rings (SSSR count). The van der Waals surface area contributed by atoms with Crippen molar-refractivity contribution in [2.24, 2.45) is 5.73 Å². The van der Waals surface area contributed by atoms with Gasteiger partial charge in [0.15, 0.2) is 0 Å². The van der Waals surface area contributed by atoms with Crippen molar-refractivity contribution in [1.82, 2.24) is 9.80 Å². The summed E-state index contributed by atoms with van der Waals surface area (Å²) in [6.45, 7) is 13.4. The largest absolute Gasteiger partial charge is 0.326 e. The van der Waals surface area contributed by atoms with Gasteiger partial charge >= 0.3 is 0 Å². The summed E-state index contributed by atoms with van der Waals surface area (Å²) < 4.78 is 0. The highest BCUT2D eigenvalue weighted by Crippen LogP contribution is 2.27. The molecular formula is C18H31N3. The van der Waals surface area contributed by atoms with Gasteiger partial charge in [-0.25, -0.2) is 0 Å². The molecule has 1 aliphatic rings. The first-order valence-corrected chi connectivity index (χ1v) is 8.33. The molecule has 0 radical (unpaired) electrons. The number of rotatable bonds is 5. The summed E-state index contributed by atoms with van der Waals surface area (Å²) in [7, 11) is 0. The van der Waals surface area contributed by atoms with Gasteiger partial charge in [-0.2, -0.15) is 0 Å². The number of benzene rings is 1. The van der Waals surface area contributed by atoms with Gasteiger partial charge in [-0.05, 0) is 32.8 Å². The van der Waals surface area contributed by atoms with Gasteiger partial charge in [-0.15, -0.1) is 0 Å². The zero-order valence-corrected chi connectivity index (χ0v) is 14.0. The van der Waals surface area contributed by atoms with Crippen molar-refractivity contribution >= 4 is 0 Å². The topological polar surface area (TPSA) is 32.5 Å². The van der Waals surface area contributed by atoms with Crippen LogP contribution in [0.2, 0.25) is 0 Å². The van der Waals surface area contributed by atoms with Crippen LogP contribution in [0.4, 0.5) is 0 Å². The Labute approximate surface area is 130 Å². The number of aryl methyl sites for hydroxylation is 1. The predicted molar refractivity (Wildman–Crippen MR) is 90.5 cm³/mol. The molecule has 0 aromatic heterocycles. The summed E-state index contributed by atoms with van der Waals surface area (Å²) in [4.78, 5) is 5.14. The zero-order valence-electron chi connectivity index (χ0n) is 14.0. The van der Waals surface area contributed by atoms with E-state index >= 15 is 0 Å². The fourth-order valence-corrected chi connectivity index (χ4v) is 3.25. The standard InChI is InChI=1S/C18H31N3/c1-5-17(19)18(16-8-6-15(4)7-9-16)21-12-10-20(11-13-21)14(2)3/h6-9,14,17-18H,5,10-13,19H2,1-4H3. The van der Waals surface area contributed by atoms with E-state index in [1.165, 1.54) is 11.1 Å². The van der Waals surface area contributed by atoms with Crippen molar-refractivity contribution in [3.05, 3.63) is 35.4 Å². The van der Waals surface area contributed by atoms with Crippen molar-refractivity contribution < 1.29 is 0 Å². The Morgan fingerprint density at radius 1 is 1.00 bits per heavy atom. The summed E-state index contributed by atoms with van der Waals surface area (Å²) in [6, 6.07) is 10.1. The minimum atomic E-state index is 0.207. The van der Waals surface area contributed by atoms with Gasteiger partial charge in [0.1, 0.15) is 0 Å². The van der Waals surface area contributed by atoms with Gasteiger partial charge in [0.2, 0.25) is 0 Å². The first-order valence-electron chi connectivity index (χ1n) is 8.33. The Morgan fingerprint density at radius 3 is 2.00 bits per heavy atom. The third-order valence-corrected chi connectivity index (χ3v) is 4.77. The number of nitrogens with zero attached hydrogens (tertiary/aromatic N) is 2. The van der Waals surface area contributed by atoms with Gasteiger partial charge < -0.3 is 5.73 Å². The molecule has 1 fully saturated rings. The van der Waals surface area contributed by atoms with E-state index in [9.17, 15) is 0 Å². The molecule has 1 aromatic carbocycles. The fraction of sp³-hybridized carbons (Fsp3) is 0.667.